The van der Waals surface area contributed by atoms with Gasteiger partial charge in [-0.05, 0) is 0 Å². The van der Waals surface area contributed by atoms with E-state index in [0.29, 0.717) is 0 Å². The molecule has 0 atom stereocenters. The van der Waals surface area contributed by atoms with Crippen LogP contribution in [0, 0.1) is 0 Å². The molecule has 0 fully saturated rings. The van der Waals surface area contributed by atoms with Crippen molar-refractivity contribution in [3.8, 4) is 0 Å². The molecule has 0 saturated carbocycles. The molecule has 0 aromatic carbocycles. The number of hydrogen-bond acceptors (Lipinski definition) is 8. The quantitative estimate of drug-likeness (QED) is 0.216. The van der Waals surface area contributed by atoms with Crippen molar-refractivity contribution >= 4 is 25.7 Å². The van der Waals surface area contributed by atoms with Crippen LogP contribution in [0.5, 0.6) is 0 Å². The molecule has 0 aliphatic carbocycles. The summed E-state index contributed by atoms with van der Waals surface area (Å²) in [7, 11) is -4.89. The van der Waals surface area contributed by atoms with E-state index < -0.39 is 31.8 Å². The first-order valence-electron chi connectivity index (χ1n) is 5.12. The molecule has 0 spiro atoms. The smallest absolute Gasteiger partial charge is 0.756 e. The van der Waals surface area contributed by atoms with Crippen LogP contribution in [0.25, 0.3) is 0 Å². The van der Waals surface area contributed by atoms with Gasteiger partial charge in [0.05, 0.1) is 0 Å². The SMILES string of the molecule is CC(=O)OCC(COC(C)=O)OC(C)=O.O=P([O-])(O)O.[Na+]. The Labute approximate surface area is 143 Å². The summed E-state index contributed by atoms with van der Waals surface area (Å²) in [4.78, 5) is 54.6. The van der Waals surface area contributed by atoms with E-state index in [-0.39, 0.29) is 42.8 Å². The second-order valence-electron chi connectivity index (χ2n) is 3.33. The Morgan fingerprint density at radius 2 is 1.29 bits per heavy atom. The van der Waals surface area contributed by atoms with Gasteiger partial charge in [0, 0.05) is 20.8 Å². The second kappa shape index (κ2) is 13.2. The number of rotatable bonds is 5. The molecule has 10 nitrogen and oxygen atoms in total. The van der Waals surface area contributed by atoms with E-state index in [0.717, 1.165) is 0 Å². The summed E-state index contributed by atoms with van der Waals surface area (Å²) >= 11 is 0. The molecular weight excluding hydrogens is 322 g/mol. The van der Waals surface area contributed by atoms with Crippen LogP contribution in [0.15, 0.2) is 0 Å². The first-order valence-corrected chi connectivity index (χ1v) is 6.65. The van der Waals surface area contributed by atoms with Gasteiger partial charge in [-0.1, -0.05) is 0 Å². The summed E-state index contributed by atoms with van der Waals surface area (Å²) in [6.45, 7) is 3.44. The third-order valence-electron chi connectivity index (χ3n) is 1.28. The summed E-state index contributed by atoms with van der Waals surface area (Å²) in [5, 5.41) is 0. The minimum atomic E-state index is -4.89. The molecule has 0 aromatic heterocycles. The van der Waals surface area contributed by atoms with Gasteiger partial charge in [-0.3, -0.25) is 18.9 Å². The molecule has 0 aliphatic rings. The molecule has 0 unspecified atom stereocenters. The molecule has 118 valence electrons. The summed E-state index contributed by atoms with van der Waals surface area (Å²) in [5.74, 6) is -1.51. The molecule has 0 saturated heterocycles. The van der Waals surface area contributed by atoms with Crippen LogP contribution >= 0.6 is 7.82 Å². The predicted molar refractivity (Wildman–Crippen MR) is 60.9 cm³/mol. The zero-order valence-corrected chi connectivity index (χ0v) is 15.0. The van der Waals surface area contributed by atoms with Crippen LogP contribution < -0.4 is 34.5 Å². The Hall–Kier alpha value is -0.480. The Balaban J connectivity index is -0.000000465. The van der Waals surface area contributed by atoms with Crippen molar-refractivity contribution in [2.45, 2.75) is 26.9 Å². The molecule has 0 aromatic rings. The minimum absolute atomic E-state index is 0. The van der Waals surface area contributed by atoms with E-state index in [9.17, 15) is 14.4 Å². The number of phosphoric acid groups is 1. The largest absolute Gasteiger partial charge is 1.00 e. The van der Waals surface area contributed by atoms with Crippen molar-refractivity contribution in [1.82, 2.24) is 0 Å². The number of hydrogen-bond donors (Lipinski definition) is 2. The monoisotopic (exact) mass is 338 g/mol. The van der Waals surface area contributed by atoms with Gasteiger partial charge in [-0.2, -0.15) is 0 Å². The molecule has 0 radical (unpaired) electrons. The maximum absolute atomic E-state index is 10.6. The van der Waals surface area contributed by atoms with Gasteiger partial charge >= 0.3 is 47.5 Å². The summed E-state index contributed by atoms with van der Waals surface area (Å²) < 4.78 is 22.8. The Morgan fingerprint density at radius 1 is 1.00 bits per heavy atom. The molecule has 2 N–H and O–H groups in total. The molecular formula is C9H16NaO10P. The van der Waals surface area contributed by atoms with E-state index in [1.54, 1.807) is 0 Å². The maximum atomic E-state index is 10.6. The van der Waals surface area contributed by atoms with Crippen LogP contribution in [0.1, 0.15) is 20.8 Å². The van der Waals surface area contributed by atoms with Crippen molar-refractivity contribution in [2.75, 3.05) is 13.2 Å². The fraction of sp³-hybridized carbons (Fsp3) is 0.667. The van der Waals surface area contributed by atoms with Gasteiger partial charge in [0.15, 0.2) is 6.10 Å². The second-order valence-corrected chi connectivity index (χ2v) is 4.31. The Kier molecular flexibility index (Phi) is 16.0. The molecule has 12 heteroatoms. The van der Waals surface area contributed by atoms with Crippen LogP contribution in [0.4, 0.5) is 0 Å². The van der Waals surface area contributed by atoms with Crippen LogP contribution in [0.3, 0.4) is 0 Å². The standard InChI is InChI=1S/C9H14O6.Na.H3O4P/c1-6(10)13-4-9(15-8(3)12)5-14-7(2)11;;1-5(2,3)4/h9H,4-5H2,1-3H3;;(H3,1,2,3,4)/q;+1;/p-1. The third kappa shape index (κ3) is 32.8. The van der Waals surface area contributed by atoms with E-state index in [2.05, 4.69) is 9.47 Å². The van der Waals surface area contributed by atoms with Crippen molar-refractivity contribution in [1.29, 1.82) is 0 Å². The van der Waals surface area contributed by atoms with Gasteiger partial charge in [-0.15, -0.1) is 0 Å². The van der Waals surface area contributed by atoms with Crippen molar-refractivity contribution < 1.29 is 77.4 Å². The first-order chi connectivity index (χ1) is 8.91. The van der Waals surface area contributed by atoms with E-state index in [1.165, 1.54) is 20.8 Å². The van der Waals surface area contributed by atoms with E-state index in [4.69, 9.17) is 24.0 Å². The number of esters is 3. The van der Waals surface area contributed by atoms with E-state index in [1.807, 2.05) is 0 Å². The fourth-order valence-corrected chi connectivity index (χ4v) is 0.771. The summed E-state index contributed by atoms with van der Waals surface area (Å²) in [6, 6.07) is 0. The summed E-state index contributed by atoms with van der Waals surface area (Å²) in [6.07, 6.45) is -0.754. The van der Waals surface area contributed by atoms with Gasteiger partial charge in [0.25, 0.3) is 7.82 Å². The molecule has 0 heterocycles. The van der Waals surface area contributed by atoms with Crippen LogP contribution in [-0.2, 0) is 33.2 Å². The van der Waals surface area contributed by atoms with Gasteiger partial charge < -0.3 is 28.9 Å². The summed E-state index contributed by atoms with van der Waals surface area (Å²) in [5.41, 5.74) is 0. The normalized spacial score (nSPS) is 9.67. The average Bonchev–Trinajstić information content (AvgIpc) is 2.18. The zero-order chi connectivity index (χ0) is 16.3. The Morgan fingerprint density at radius 3 is 1.48 bits per heavy atom. The third-order valence-corrected chi connectivity index (χ3v) is 1.28. The fourth-order valence-electron chi connectivity index (χ4n) is 0.771. The van der Waals surface area contributed by atoms with Gasteiger partial charge in [0.2, 0.25) is 0 Å². The molecule has 0 rings (SSSR count). The zero-order valence-electron chi connectivity index (χ0n) is 12.1. The number of carbonyl (C=O) groups is 3. The van der Waals surface area contributed by atoms with E-state index >= 15 is 0 Å². The van der Waals surface area contributed by atoms with Crippen molar-refractivity contribution in [3.63, 3.8) is 0 Å². The Bertz CT molecular complexity index is 352. The van der Waals surface area contributed by atoms with Crippen molar-refractivity contribution in [3.05, 3.63) is 0 Å². The van der Waals surface area contributed by atoms with Gasteiger partial charge in [0.1, 0.15) is 13.2 Å². The molecule has 0 aliphatic heterocycles. The first kappa shape index (κ1) is 25.5. The topological polar surface area (TPSA) is 159 Å². The molecule has 21 heavy (non-hydrogen) atoms. The minimum Gasteiger partial charge on any atom is -0.756 e. The van der Waals surface area contributed by atoms with Gasteiger partial charge in [-0.25, -0.2) is 0 Å². The predicted octanol–water partition coefficient (Wildman–Crippen LogP) is -4.51. The maximum Gasteiger partial charge on any atom is 1.00 e. The van der Waals surface area contributed by atoms with Crippen molar-refractivity contribution in [2.24, 2.45) is 0 Å². The van der Waals surface area contributed by atoms with Crippen LogP contribution in [0.2, 0.25) is 0 Å². The average molecular weight is 338 g/mol. The van der Waals surface area contributed by atoms with Crippen LogP contribution in [-0.4, -0.2) is 47.0 Å². The molecule has 0 amide bonds. The number of carbonyl (C=O) groups excluding carboxylic acids is 3. The molecule has 0 bridgehead atoms. The number of ether oxygens (including phenoxy) is 3.